The van der Waals surface area contributed by atoms with E-state index in [1.54, 1.807) is 44.5 Å². The third-order valence-electron chi connectivity index (χ3n) is 5.89. The Morgan fingerprint density at radius 1 is 1.22 bits per heavy atom. The molecule has 0 atom stereocenters. The van der Waals surface area contributed by atoms with Crippen molar-refractivity contribution in [3.05, 3.63) is 65.8 Å². The Morgan fingerprint density at radius 2 is 2.00 bits per heavy atom. The Balaban J connectivity index is 1.96. The number of nitrogens with zero attached hydrogens (tertiary/aromatic N) is 6. The Morgan fingerprint density at radius 3 is 2.65 bits per heavy atom. The Kier molecular flexibility index (Phi) is 7.11. The second kappa shape index (κ2) is 10.4. The number of rotatable bonds is 5. The van der Waals surface area contributed by atoms with Gasteiger partial charge in [0.25, 0.3) is 0 Å². The normalized spacial score (nSPS) is 11.9. The van der Waals surface area contributed by atoms with Gasteiger partial charge in [-0.25, -0.2) is 29.3 Å². The van der Waals surface area contributed by atoms with E-state index in [-0.39, 0.29) is 11.8 Å². The van der Waals surface area contributed by atoms with Gasteiger partial charge in [-0.1, -0.05) is 12.0 Å². The van der Waals surface area contributed by atoms with Crippen LogP contribution in [0.5, 0.6) is 11.5 Å². The first-order valence-electron chi connectivity index (χ1n) is 11.3. The van der Waals surface area contributed by atoms with Gasteiger partial charge in [0, 0.05) is 47.6 Å². The van der Waals surface area contributed by atoms with Crippen molar-refractivity contribution in [2.75, 3.05) is 7.11 Å². The van der Waals surface area contributed by atoms with Crippen LogP contribution in [0.25, 0.3) is 33.4 Å². The van der Waals surface area contributed by atoms with Crippen LogP contribution in [0.3, 0.4) is 0 Å². The van der Waals surface area contributed by atoms with E-state index in [2.05, 4.69) is 37.6 Å². The number of amidine groups is 1. The maximum absolute atomic E-state index is 15.8. The number of aliphatic imine (C=N–C) groups is 2. The zero-order chi connectivity index (χ0) is 26.7. The summed E-state index contributed by atoms with van der Waals surface area (Å²) in [7, 11) is 3.39. The van der Waals surface area contributed by atoms with Crippen LogP contribution in [0, 0.1) is 25.1 Å². The van der Waals surface area contributed by atoms with Crippen LogP contribution in [0.4, 0.5) is 4.39 Å². The van der Waals surface area contributed by atoms with Crippen molar-refractivity contribution in [2.24, 2.45) is 17.0 Å². The summed E-state index contributed by atoms with van der Waals surface area (Å²) in [4.78, 5) is 21.2. The van der Waals surface area contributed by atoms with Crippen LogP contribution in [0.15, 0.2) is 58.5 Å². The summed E-state index contributed by atoms with van der Waals surface area (Å²) >= 11 is 0. The summed E-state index contributed by atoms with van der Waals surface area (Å²) in [6.45, 7) is 8.97. The summed E-state index contributed by atoms with van der Waals surface area (Å²) in [6, 6.07) is 6.23. The maximum Gasteiger partial charge on any atom is 0.321 e. The van der Waals surface area contributed by atoms with E-state index in [9.17, 15) is 0 Å². The Hall–Kier alpha value is -4.84. The molecule has 0 spiro atoms. The molecule has 186 valence electrons. The molecule has 0 fully saturated rings. The number of terminal acetylenes is 1. The molecule has 1 aromatic carbocycles. The van der Waals surface area contributed by atoms with Crippen LogP contribution >= 0.6 is 0 Å². The van der Waals surface area contributed by atoms with E-state index in [1.165, 1.54) is 12.4 Å². The van der Waals surface area contributed by atoms with Gasteiger partial charge in [-0.05, 0) is 39.6 Å². The molecule has 0 saturated heterocycles. The predicted molar refractivity (Wildman–Crippen MR) is 143 cm³/mol. The second-order valence-corrected chi connectivity index (χ2v) is 8.08. The highest BCUT2D eigenvalue weighted by molar-refractivity contribution is 6.05. The lowest BCUT2D eigenvalue weighted by molar-refractivity contribution is 0.415. The van der Waals surface area contributed by atoms with Gasteiger partial charge >= 0.3 is 6.02 Å². The molecule has 37 heavy (non-hydrogen) atoms. The van der Waals surface area contributed by atoms with Crippen LogP contribution in [0.2, 0.25) is 0 Å². The molecule has 0 saturated carbocycles. The molecule has 0 amide bonds. The van der Waals surface area contributed by atoms with E-state index < -0.39 is 5.82 Å². The van der Waals surface area contributed by atoms with Crippen LogP contribution in [0.1, 0.15) is 25.2 Å². The quantitative estimate of drug-likeness (QED) is 0.207. The van der Waals surface area contributed by atoms with E-state index in [0.29, 0.717) is 56.3 Å². The number of allylic oxidation sites excluding steroid dienone is 2. The Labute approximate surface area is 214 Å². The number of fused-ring (bicyclic) bond motifs is 1. The van der Waals surface area contributed by atoms with Crippen LogP contribution in [-0.2, 0) is 7.05 Å². The van der Waals surface area contributed by atoms with E-state index in [4.69, 9.17) is 15.9 Å². The minimum absolute atomic E-state index is 0.0160. The minimum Gasteiger partial charge on any atom is -0.496 e. The highest BCUT2D eigenvalue weighted by Gasteiger charge is 2.26. The lowest BCUT2D eigenvalue weighted by atomic mass is 9.97. The van der Waals surface area contributed by atoms with E-state index in [0.717, 1.165) is 0 Å². The highest BCUT2D eigenvalue weighted by Crippen LogP contribution is 2.44. The molecule has 4 rings (SSSR count). The monoisotopic (exact) mass is 496 g/mol. The van der Waals surface area contributed by atoms with Crippen molar-refractivity contribution < 1.29 is 13.9 Å². The zero-order valence-corrected chi connectivity index (χ0v) is 21.2. The second-order valence-electron chi connectivity index (χ2n) is 8.08. The number of benzene rings is 1. The van der Waals surface area contributed by atoms with Gasteiger partial charge < -0.3 is 14.0 Å². The number of hydrogen-bond acceptors (Lipinski definition) is 6. The molecule has 0 aliphatic rings. The average Bonchev–Trinajstić information content (AvgIpc) is 3.20. The number of hydrogen-bond donors (Lipinski definition) is 0. The van der Waals surface area contributed by atoms with Crippen LogP contribution < -0.4 is 9.47 Å². The summed E-state index contributed by atoms with van der Waals surface area (Å²) in [5.74, 6) is 2.71. The van der Waals surface area contributed by atoms with Gasteiger partial charge in [0.15, 0.2) is 0 Å². The fourth-order valence-corrected chi connectivity index (χ4v) is 4.01. The van der Waals surface area contributed by atoms with E-state index in [1.807, 2.05) is 25.5 Å². The molecule has 0 radical (unpaired) electrons. The van der Waals surface area contributed by atoms with Crippen molar-refractivity contribution in [3.8, 4) is 46.2 Å². The smallest absolute Gasteiger partial charge is 0.321 e. The van der Waals surface area contributed by atoms with Gasteiger partial charge in [-0.2, -0.15) is 0 Å². The van der Waals surface area contributed by atoms with Gasteiger partial charge in [0.1, 0.15) is 35.0 Å². The highest BCUT2D eigenvalue weighted by atomic mass is 19.1. The van der Waals surface area contributed by atoms with Crippen LogP contribution in [-0.4, -0.2) is 39.4 Å². The third-order valence-corrected chi connectivity index (χ3v) is 5.89. The molecule has 3 heterocycles. The van der Waals surface area contributed by atoms with Gasteiger partial charge in [-0.3, -0.25) is 0 Å². The summed E-state index contributed by atoms with van der Waals surface area (Å²) in [6.07, 6.45) is 10.4. The minimum atomic E-state index is -0.521. The fourth-order valence-electron chi connectivity index (χ4n) is 4.01. The van der Waals surface area contributed by atoms with Crippen molar-refractivity contribution in [2.45, 2.75) is 20.8 Å². The number of halogens is 1. The molecule has 0 aliphatic heterocycles. The molecule has 4 aromatic rings. The van der Waals surface area contributed by atoms with Crippen molar-refractivity contribution in [1.29, 1.82) is 0 Å². The number of aryl methyl sites for hydroxylation is 2. The zero-order valence-electron chi connectivity index (χ0n) is 21.2. The van der Waals surface area contributed by atoms with E-state index >= 15 is 4.39 Å². The maximum atomic E-state index is 15.8. The van der Waals surface area contributed by atoms with Gasteiger partial charge in [0.2, 0.25) is 0 Å². The molecule has 0 bridgehead atoms. The number of methoxy groups -OCH3 is 1. The van der Waals surface area contributed by atoms with Gasteiger partial charge in [0.05, 0.1) is 24.1 Å². The molecule has 9 heteroatoms. The first-order valence-corrected chi connectivity index (χ1v) is 11.3. The first-order chi connectivity index (χ1) is 17.8. The SMILES string of the molecule is C#Cc1cc(OC)c(-c2c(-c3ccc(O/C(N=C)=N/C(C)=C\C)cc3F)c3c(C)ncnc3n2C)cn1. The predicted octanol–water partition coefficient (Wildman–Crippen LogP) is 5.49. The lowest BCUT2D eigenvalue weighted by Gasteiger charge is -2.14. The summed E-state index contributed by atoms with van der Waals surface area (Å²) in [5.41, 5.74) is 4.63. The largest absolute Gasteiger partial charge is 0.496 e. The van der Waals surface area contributed by atoms with Crippen molar-refractivity contribution in [3.63, 3.8) is 0 Å². The van der Waals surface area contributed by atoms with Crippen molar-refractivity contribution >= 4 is 23.8 Å². The molecule has 0 unspecified atom stereocenters. The third kappa shape index (κ3) is 4.69. The molecular weight excluding hydrogens is 471 g/mol. The summed E-state index contributed by atoms with van der Waals surface area (Å²) < 4.78 is 28.9. The first kappa shape index (κ1) is 25.3. The van der Waals surface area contributed by atoms with Crippen molar-refractivity contribution in [1.82, 2.24) is 19.5 Å². The topological polar surface area (TPSA) is 86.8 Å². The standard InChI is InChI=1S/C28H25FN6O2/c1-8-16(3)34-28(30-5)37-19-10-11-20(22(29)13-19)25-24-17(4)32-15-33-27(24)35(6)26(25)21-14-31-18(9-2)12-23(21)36-7/h2,8,10-15H,5H2,1,3-4,6-7H3/b16-8-,34-28+. The molecule has 8 nitrogen and oxygen atoms in total. The molecular formula is C28H25FN6O2. The van der Waals surface area contributed by atoms with Gasteiger partial charge in [-0.15, -0.1) is 6.42 Å². The average molecular weight is 497 g/mol. The fraction of sp³-hybridized carbons (Fsp3) is 0.179. The summed E-state index contributed by atoms with van der Waals surface area (Å²) in [5, 5.41) is 0.703. The molecule has 0 aliphatic carbocycles. The molecule has 0 N–H and O–H groups in total. The molecule has 3 aromatic heterocycles. The Bertz CT molecular complexity index is 1630. The number of pyridine rings is 1. The number of ether oxygens (including phenoxy) is 2. The lowest BCUT2D eigenvalue weighted by Crippen LogP contribution is -2.05. The number of aromatic nitrogens is 4.